The Balaban J connectivity index is 1.48. The van der Waals surface area contributed by atoms with Gasteiger partial charge < -0.3 is 14.8 Å². The van der Waals surface area contributed by atoms with E-state index in [0.717, 1.165) is 49.1 Å². The summed E-state index contributed by atoms with van der Waals surface area (Å²) >= 11 is 0. The zero-order valence-corrected chi connectivity index (χ0v) is 15.4. The molecule has 1 saturated heterocycles. The summed E-state index contributed by atoms with van der Waals surface area (Å²) in [5.41, 5.74) is 2.56. The van der Waals surface area contributed by atoms with Crippen LogP contribution in [0.1, 0.15) is 43.6 Å². The quantitative estimate of drug-likeness (QED) is 0.735. The number of fused-ring (bicyclic) bond motifs is 1. The van der Waals surface area contributed by atoms with Crippen LogP contribution in [0.3, 0.4) is 0 Å². The van der Waals surface area contributed by atoms with Crippen LogP contribution in [0.4, 0.5) is 0 Å². The van der Waals surface area contributed by atoms with Crippen LogP contribution in [0, 0.1) is 0 Å². The van der Waals surface area contributed by atoms with Gasteiger partial charge in [0.25, 0.3) is 5.89 Å². The molecule has 1 saturated carbocycles. The number of imidazole rings is 1. The van der Waals surface area contributed by atoms with Gasteiger partial charge in [-0.1, -0.05) is 18.0 Å². The van der Waals surface area contributed by atoms with Crippen LogP contribution in [-0.4, -0.2) is 51.3 Å². The van der Waals surface area contributed by atoms with Gasteiger partial charge in [0.15, 0.2) is 5.82 Å². The van der Waals surface area contributed by atoms with Gasteiger partial charge in [0.1, 0.15) is 0 Å². The highest BCUT2D eigenvalue weighted by molar-refractivity contribution is 5.80. The molecule has 3 heterocycles. The maximum Gasteiger partial charge on any atom is 0.326 e. The maximum absolute atomic E-state index is 12.5. The molecule has 27 heavy (non-hydrogen) atoms. The number of nitrogens with zero attached hydrogens (tertiary/aromatic N) is 4. The smallest absolute Gasteiger partial charge is 0.326 e. The molecule has 1 unspecified atom stereocenters. The van der Waals surface area contributed by atoms with Gasteiger partial charge in [-0.05, 0) is 38.1 Å². The van der Waals surface area contributed by atoms with Crippen molar-refractivity contribution in [2.75, 3.05) is 26.7 Å². The fourth-order valence-corrected chi connectivity index (χ4v) is 4.37. The molecule has 8 nitrogen and oxygen atoms in total. The fourth-order valence-electron chi connectivity index (χ4n) is 4.37. The first-order valence-electron chi connectivity index (χ1n) is 9.70. The third-order valence-corrected chi connectivity index (χ3v) is 5.90. The van der Waals surface area contributed by atoms with Gasteiger partial charge in [-0.25, -0.2) is 4.79 Å². The Labute approximate surface area is 156 Å². The van der Waals surface area contributed by atoms with Gasteiger partial charge in [-0.2, -0.15) is 4.98 Å². The van der Waals surface area contributed by atoms with Gasteiger partial charge in [0.05, 0.1) is 17.1 Å². The molecule has 8 heteroatoms. The van der Waals surface area contributed by atoms with Gasteiger partial charge >= 0.3 is 5.69 Å². The van der Waals surface area contributed by atoms with Crippen molar-refractivity contribution in [3.8, 4) is 11.5 Å². The van der Waals surface area contributed by atoms with E-state index in [9.17, 15) is 4.79 Å². The number of rotatable bonds is 3. The van der Waals surface area contributed by atoms with Crippen molar-refractivity contribution >= 4 is 11.0 Å². The minimum Gasteiger partial charge on any atom is -0.334 e. The number of piperazine rings is 1. The van der Waals surface area contributed by atoms with Crippen LogP contribution in [0.5, 0.6) is 0 Å². The van der Waals surface area contributed by atoms with E-state index in [1.807, 2.05) is 22.8 Å². The molecule has 5 rings (SSSR count). The molecular weight excluding hydrogens is 344 g/mol. The number of H-pyrrole nitrogens is 1. The molecule has 1 aliphatic carbocycles. The van der Waals surface area contributed by atoms with Crippen LogP contribution < -0.4 is 11.0 Å². The Morgan fingerprint density at radius 2 is 2.11 bits per heavy atom. The third kappa shape index (κ3) is 2.89. The van der Waals surface area contributed by atoms with Gasteiger partial charge in [0, 0.05) is 31.2 Å². The van der Waals surface area contributed by atoms with Crippen molar-refractivity contribution in [2.45, 2.75) is 37.8 Å². The van der Waals surface area contributed by atoms with Crippen molar-refractivity contribution < 1.29 is 4.52 Å². The molecule has 0 amide bonds. The number of likely N-dealkylation sites (N-methyl/N-ethyl adjacent to an activating group) is 1. The first-order chi connectivity index (χ1) is 13.2. The highest BCUT2D eigenvalue weighted by Gasteiger charge is 2.26. The number of hydrogen-bond donors (Lipinski definition) is 2. The van der Waals surface area contributed by atoms with Crippen molar-refractivity contribution in [2.24, 2.45) is 0 Å². The maximum atomic E-state index is 12.5. The zero-order valence-electron chi connectivity index (χ0n) is 15.4. The molecular formula is C19H24N6O2. The summed E-state index contributed by atoms with van der Waals surface area (Å²) in [6.45, 7) is 2.74. The highest BCUT2D eigenvalue weighted by atomic mass is 16.5. The summed E-state index contributed by atoms with van der Waals surface area (Å²) in [5.74, 6) is 1.18. The molecule has 2 fully saturated rings. The first kappa shape index (κ1) is 16.7. The second kappa shape index (κ2) is 6.61. The van der Waals surface area contributed by atoms with E-state index in [0.29, 0.717) is 17.8 Å². The summed E-state index contributed by atoms with van der Waals surface area (Å²) in [6, 6.07) is 6.30. The van der Waals surface area contributed by atoms with E-state index in [4.69, 9.17) is 4.52 Å². The summed E-state index contributed by atoms with van der Waals surface area (Å²) < 4.78 is 7.43. The first-order valence-corrected chi connectivity index (χ1v) is 9.70. The van der Waals surface area contributed by atoms with Crippen LogP contribution in [0.25, 0.3) is 22.5 Å². The highest BCUT2D eigenvalue weighted by Crippen LogP contribution is 2.32. The predicted molar refractivity (Wildman–Crippen MR) is 102 cm³/mol. The zero-order chi connectivity index (χ0) is 18.4. The summed E-state index contributed by atoms with van der Waals surface area (Å²) in [7, 11) is 2.07. The Morgan fingerprint density at radius 1 is 1.26 bits per heavy atom. The van der Waals surface area contributed by atoms with Gasteiger partial charge in [-0.15, -0.1) is 0 Å². The topological polar surface area (TPSA) is 92.0 Å². The average molecular weight is 368 g/mol. The average Bonchev–Trinajstić information content (AvgIpc) is 3.40. The standard InChI is InChI=1S/C19H24N6O2/c1-24-9-8-20-11-16(24)17-22-18(27-23-17)12-6-7-15-14(10-12)21-19(26)25(15)13-4-2-3-5-13/h6-7,10,13,16,20H,2-5,8-9,11H2,1H3,(H,21,26). The second-order valence-corrected chi connectivity index (χ2v) is 7.63. The molecule has 2 N–H and O–H groups in total. The fraction of sp³-hybridized carbons (Fsp3) is 0.526. The monoisotopic (exact) mass is 368 g/mol. The van der Waals surface area contributed by atoms with Crippen molar-refractivity contribution in [3.63, 3.8) is 0 Å². The Morgan fingerprint density at radius 3 is 2.93 bits per heavy atom. The number of nitrogens with one attached hydrogen (secondary N) is 2. The lowest BCUT2D eigenvalue weighted by atomic mass is 10.1. The number of aromatic nitrogens is 4. The van der Waals surface area contributed by atoms with Crippen molar-refractivity contribution in [3.05, 3.63) is 34.5 Å². The number of aromatic amines is 1. The predicted octanol–water partition coefficient (Wildman–Crippen LogP) is 2.07. The molecule has 3 aromatic rings. The molecule has 0 radical (unpaired) electrons. The molecule has 0 bridgehead atoms. The summed E-state index contributed by atoms with van der Waals surface area (Å²) in [4.78, 5) is 22.3. The molecule has 142 valence electrons. The van der Waals surface area contributed by atoms with E-state index in [1.54, 1.807) is 0 Å². The van der Waals surface area contributed by atoms with E-state index >= 15 is 0 Å². The van der Waals surface area contributed by atoms with Gasteiger partial charge in [0.2, 0.25) is 0 Å². The molecule has 1 atom stereocenters. The minimum atomic E-state index is -0.0322. The third-order valence-electron chi connectivity index (χ3n) is 5.90. The largest absolute Gasteiger partial charge is 0.334 e. The van der Waals surface area contributed by atoms with Crippen LogP contribution in [0.15, 0.2) is 27.5 Å². The van der Waals surface area contributed by atoms with Crippen LogP contribution in [-0.2, 0) is 0 Å². The molecule has 1 aromatic carbocycles. The molecule has 1 aliphatic heterocycles. The minimum absolute atomic E-state index is 0.0322. The van der Waals surface area contributed by atoms with E-state index in [-0.39, 0.29) is 11.7 Å². The molecule has 0 spiro atoms. The SMILES string of the molecule is CN1CCNCC1c1noc(-c2ccc3c(c2)[nH]c(=O)n3C2CCCC2)n1. The van der Waals surface area contributed by atoms with Crippen molar-refractivity contribution in [1.29, 1.82) is 0 Å². The molecule has 2 aliphatic rings. The Bertz CT molecular complexity index is 1010. The molecule has 2 aromatic heterocycles. The normalized spacial score (nSPS) is 22.0. The van der Waals surface area contributed by atoms with Crippen LogP contribution >= 0.6 is 0 Å². The van der Waals surface area contributed by atoms with E-state index < -0.39 is 0 Å². The van der Waals surface area contributed by atoms with E-state index in [2.05, 4.69) is 32.4 Å². The van der Waals surface area contributed by atoms with Gasteiger partial charge in [-0.3, -0.25) is 9.47 Å². The lowest BCUT2D eigenvalue weighted by molar-refractivity contribution is 0.190. The second-order valence-electron chi connectivity index (χ2n) is 7.63. The van der Waals surface area contributed by atoms with E-state index in [1.165, 1.54) is 12.8 Å². The summed E-state index contributed by atoms with van der Waals surface area (Å²) in [6.07, 6.45) is 4.53. The lowest BCUT2D eigenvalue weighted by Crippen LogP contribution is -2.44. The number of hydrogen-bond acceptors (Lipinski definition) is 6. The Hall–Kier alpha value is -2.45. The van der Waals surface area contributed by atoms with Crippen LogP contribution in [0.2, 0.25) is 0 Å². The summed E-state index contributed by atoms with van der Waals surface area (Å²) in [5, 5.41) is 7.55. The lowest BCUT2D eigenvalue weighted by Gasteiger charge is -2.30. The Kier molecular flexibility index (Phi) is 4.09. The number of benzene rings is 1. The van der Waals surface area contributed by atoms with Crippen molar-refractivity contribution in [1.82, 2.24) is 29.9 Å².